The molecule has 1 aliphatic heterocycles. The topological polar surface area (TPSA) is 102 Å². The van der Waals surface area contributed by atoms with E-state index in [9.17, 15) is 14.4 Å². The van der Waals surface area contributed by atoms with Gasteiger partial charge >= 0.3 is 12.0 Å². The number of furan rings is 1. The van der Waals surface area contributed by atoms with Gasteiger partial charge in [-0.2, -0.15) is 0 Å². The van der Waals surface area contributed by atoms with Gasteiger partial charge in [0.2, 0.25) is 0 Å². The van der Waals surface area contributed by atoms with Crippen LogP contribution < -0.4 is 5.32 Å². The monoisotopic (exact) mass is 393 g/mol. The lowest BCUT2D eigenvalue weighted by Gasteiger charge is -2.18. The number of nitrogens with zero attached hydrogens (tertiary/aromatic N) is 2. The number of esters is 1. The van der Waals surface area contributed by atoms with Crippen LogP contribution in [0.4, 0.5) is 4.79 Å². The molecule has 29 heavy (non-hydrogen) atoms. The van der Waals surface area contributed by atoms with Crippen LogP contribution in [0.2, 0.25) is 0 Å². The molecule has 2 aromatic heterocycles. The number of carbonyl (C=O) groups excluding carboxylic acids is 3. The summed E-state index contributed by atoms with van der Waals surface area (Å²) in [5, 5.41) is 3.15. The van der Waals surface area contributed by atoms with Crippen molar-refractivity contribution < 1.29 is 23.5 Å². The number of para-hydroxylation sites is 1. The van der Waals surface area contributed by atoms with E-state index in [0.29, 0.717) is 28.9 Å². The molecule has 3 amide bonds. The van der Waals surface area contributed by atoms with Crippen LogP contribution in [0.15, 0.2) is 46.9 Å². The predicted octanol–water partition coefficient (Wildman–Crippen LogP) is 2.90. The Hall–Kier alpha value is -3.68. The Morgan fingerprint density at radius 3 is 2.72 bits per heavy atom. The molecule has 8 heteroatoms. The number of hydrogen-bond donors (Lipinski definition) is 1. The lowest BCUT2D eigenvalue weighted by atomic mass is 10.1. The molecule has 8 nitrogen and oxygen atoms in total. The molecule has 0 aliphatic carbocycles. The molecule has 0 radical (unpaired) electrons. The van der Waals surface area contributed by atoms with Gasteiger partial charge in [-0.25, -0.2) is 14.6 Å². The van der Waals surface area contributed by atoms with Crippen molar-refractivity contribution in [2.75, 3.05) is 13.1 Å². The van der Waals surface area contributed by atoms with Gasteiger partial charge in [0.05, 0.1) is 11.1 Å². The number of imide groups is 1. The van der Waals surface area contributed by atoms with Crippen molar-refractivity contribution in [1.82, 2.24) is 15.2 Å². The van der Waals surface area contributed by atoms with Gasteiger partial charge in [0, 0.05) is 18.5 Å². The molecule has 0 bridgehead atoms. The predicted molar refractivity (Wildman–Crippen MR) is 104 cm³/mol. The quantitative estimate of drug-likeness (QED) is 0.684. The zero-order chi connectivity index (χ0) is 20.5. The third-order valence-electron chi connectivity index (χ3n) is 4.68. The molecule has 1 atom stereocenters. The minimum Gasteiger partial charge on any atom is -0.460 e. The summed E-state index contributed by atoms with van der Waals surface area (Å²) < 4.78 is 11.0. The van der Waals surface area contributed by atoms with E-state index in [2.05, 4.69) is 10.3 Å². The fourth-order valence-electron chi connectivity index (χ4n) is 3.22. The molecule has 1 N–H and O–H groups in total. The summed E-state index contributed by atoms with van der Waals surface area (Å²) in [6.45, 7) is 3.90. The normalized spacial score (nSPS) is 14.7. The smallest absolute Gasteiger partial charge is 0.339 e. The van der Waals surface area contributed by atoms with Crippen molar-refractivity contribution in [3.63, 3.8) is 0 Å². The van der Waals surface area contributed by atoms with Crippen LogP contribution in [-0.2, 0) is 9.53 Å². The van der Waals surface area contributed by atoms with E-state index in [4.69, 9.17) is 9.15 Å². The number of carbonyl (C=O) groups is 3. The van der Waals surface area contributed by atoms with Crippen LogP contribution in [0.3, 0.4) is 0 Å². The first-order chi connectivity index (χ1) is 13.9. The van der Waals surface area contributed by atoms with Gasteiger partial charge in [0.1, 0.15) is 11.5 Å². The maximum absolute atomic E-state index is 12.9. The molecule has 4 rings (SSSR count). The Labute approximate surface area is 166 Å². The Bertz CT molecular complexity index is 1120. The van der Waals surface area contributed by atoms with Crippen molar-refractivity contribution in [3.05, 3.63) is 53.8 Å². The minimum atomic E-state index is -1.10. The van der Waals surface area contributed by atoms with Gasteiger partial charge in [-0.3, -0.25) is 9.69 Å². The average Bonchev–Trinajstić information content (AvgIpc) is 3.34. The number of ether oxygens (including phenoxy) is 1. The summed E-state index contributed by atoms with van der Waals surface area (Å²) in [5.74, 6) is 0.0181. The van der Waals surface area contributed by atoms with E-state index >= 15 is 0 Å². The van der Waals surface area contributed by atoms with Crippen molar-refractivity contribution in [2.45, 2.75) is 20.0 Å². The van der Waals surface area contributed by atoms with Crippen LogP contribution in [-0.4, -0.2) is 47.0 Å². The number of nitrogens with one attached hydrogen (secondary N) is 1. The summed E-state index contributed by atoms with van der Waals surface area (Å²) >= 11 is 0. The minimum absolute atomic E-state index is 0.250. The van der Waals surface area contributed by atoms with Crippen molar-refractivity contribution in [2.24, 2.45) is 0 Å². The fourth-order valence-corrected chi connectivity index (χ4v) is 3.22. The van der Waals surface area contributed by atoms with E-state index in [1.807, 2.05) is 19.1 Å². The van der Waals surface area contributed by atoms with Crippen LogP contribution in [0.5, 0.6) is 0 Å². The van der Waals surface area contributed by atoms with E-state index in [-0.39, 0.29) is 12.1 Å². The average molecular weight is 393 g/mol. The molecule has 1 saturated heterocycles. The number of hydrogen-bond acceptors (Lipinski definition) is 6. The van der Waals surface area contributed by atoms with E-state index < -0.39 is 24.0 Å². The molecular weight excluding hydrogens is 374 g/mol. The number of amides is 3. The number of aryl methyl sites for hydroxylation is 1. The van der Waals surface area contributed by atoms with Gasteiger partial charge in [-0.05, 0) is 38.1 Å². The zero-order valence-corrected chi connectivity index (χ0v) is 16.0. The highest BCUT2D eigenvalue weighted by Crippen LogP contribution is 2.27. The first-order valence-electron chi connectivity index (χ1n) is 9.21. The molecule has 1 fully saturated rings. The molecule has 148 valence electrons. The highest BCUT2D eigenvalue weighted by molar-refractivity contribution is 6.06. The summed E-state index contributed by atoms with van der Waals surface area (Å²) in [6, 6.07) is 11.8. The number of benzene rings is 1. The van der Waals surface area contributed by atoms with Gasteiger partial charge in [0.15, 0.2) is 11.9 Å². The number of fused-ring (bicyclic) bond motifs is 1. The second-order valence-electron chi connectivity index (χ2n) is 6.75. The van der Waals surface area contributed by atoms with Gasteiger partial charge in [0.25, 0.3) is 5.91 Å². The first-order valence-corrected chi connectivity index (χ1v) is 9.21. The lowest BCUT2D eigenvalue weighted by molar-refractivity contribution is -0.136. The Morgan fingerprint density at radius 2 is 2.03 bits per heavy atom. The van der Waals surface area contributed by atoms with Crippen LogP contribution in [0.1, 0.15) is 23.0 Å². The van der Waals surface area contributed by atoms with Crippen LogP contribution >= 0.6 is 0 Å². The van der Waals surface area contributed by atoms with E-state index in [1.165, 1.54) is 6.92 Å². The van der Waals surface area contributed by atoms with E-state index in [0.717, 1.165) is 10.7 Å². The standard InChI is InChI=1S/C21H19N3O5/c1-12-7-8-18(28-12)17-11-15(14-5-3-4-6-16(14)23-17)20(26)29-13(2)19(25)24-10-9-22-21(24)27/h3-8,11,13H,9-10H2,1-2H3,(H,22,27)/t13-/m0/s1. The highest BCUT2D eigenvalue weighted by atomic mass is 16.5. The number of aromatic nitrogens is 1. The maximum Gasteiger partial charge on any atom is 0.339 e. The first kappa shape index (κ1) is 18.7. The number of urea groups is 1. The Balaban J connectivity index is 1.66. The van der Waals surface area contributed by atoms with Crippen molar-refractivity contribution in [1.29, 1.82) is 0 Å². The molecule has 0 saturated carbocycles. The fraction of sp³-hybridized carbons (Fsp3) is 0.238. The van der Waals surface area contributed by atoms with Gasteiger partial charge in [-0.1, -0.05) is 18.2 Å². The van der Waals surface area contributed by atoms with Crippen LogP contribution in [0.25, 0.3) is 22.4 Å². The molecule has 1 aromatic carbocycles. The number of pyridine rings is 1. The molecule has 3 heterocycles. The summed E-state index contributed by atoms with van der Waals surface area (Å²) in [6.07, 6.45) is -1.10. The summed E-state index contributed by atoms with van der Waals surface area (Å²) in [4.78, 5) is 42.6. The largest absolute Gasteiger partial charge is 0.460 e. The van der Waals surface area contributed by atoms with Gasteiger partial charge in [-0.15, -0.1) is 0 Å². The summed E-state index contributed by atoms with van der Waals surface area (Å²) in [5.41, 5.74) is 1.36. The Kier molecular flexibility index (Phi) is 4.75. The Morgan fingerprint density at radius 1 is 1.24 bits per heavy atom. The lowest BCUT2D eigenvalue weighted by Crippen LogP contribution is -2.41. The van der Waals surface area contributed by atoms with Crippen molar-refractivity contribution >= 4 is 28.8 Å². The van der Waals surface area contributed by atoms with Gasteiger partial charge < -0.3 is 14.5 Å². The van der Waals surface area contributed by atoms with Crippen LogP contribution in [0, 0.1) is 6.92 Å². The second-order valence-corrected chi connectivity index (χ2v) is 6.75. The SMILES string of the molecule is Cc1ccc(-c2cc(C(=O)O[C@@H](C)C(=O)N3CCNC3=O)c3ccccc3n2)o1. The molecule has 0 spiro atoms. The molecule has 0 unspecified atom stereocenters. The number of rotatable bonds is 4. The van der Waals surface area contributed by atoms with Crippen molar-refractivity contribution in [3.8, 4) is 11.5 Å². The third-order valence-corrected chi connectivity index (χ3v) is 4.68. The maximum atomic E-state index is 12.9. The van der Waals surface area contributed by atoms with E-state index in [1.54, 1.807) is 30.3 Å². The molecular formula is C21H19N3O5. The highest BCUT2D eigenvalue weighted by Gasteiger charge is 2.32. The zero-order valence-electron chi connectivity index (χ0n) is 16.0. The summed E-state index contributed by atoms with van der Waals surface area (Å²) in [7, 11) is 0. The molecule has 1 aliphatic rings. The molecule has 3 aromatic rings. The third kappa shape index (κ3) is 3.56. The second kappa shape index (κ2) is 7.38.